The number of hydrogen-bond donors (Lipinski definition) is 0. The fourth-order valence-electron chi connectivity index (χ4n) is 1.83. The van der Waals surface area contributed by atoms with Crippen LogP contribution in [0.2, 0.25) is 0 Å². The molecule has 3 nitrogen and oxygen atoms in total. The Bertz CT molecular complexity index is 281. The maximum absolute atomic E-state index is 11.9. The summed E-state index contributed by atoms with van der Waals surface area (Å²) in [5.74, 6) is 0.733. The van der Waals surface area contributed by atoms with E-state index in [4.69, 9.17) is 4.74 Å². The van der Waals surface area contributed by atoms with Gasteiger partial charge in [-0.15, -0.1) is 0 Å². The quantitative estimate of drug-likeness (QED) is 0.713. The molecule has 0 aromatic rings. The molecule has 0 aromatic carbocycles. The summed E-state index contributed by atoms with van der Waals surface area (Å²) in [5.41, 5.74) is 1.89. The molecule has 0 unspecified atom stereocenters. The van der Waals surface area contributed by atoms with Crippen molar-refractivity contribution in [2.75, 3.05) is 13.7 Å². The van der Waals surface area contributed by atoms with Crippen molar-refractivity contribution >= 4 is 5.91 Å². The average Bonchev–Trinajstić information content (AvgIpc) is 2.39. The molecule has 1 atom stereocenters. The van der Waals surface area contributed by atoms with Gasteiger partial charge in [-0.25, -0.2) is 0 Å². The van der Waals surface area contributed by atoms with Crippen molar-refractivity contribution in [2.45, 2.75) is 40.3 Å². The number of carbonyl (C=O) groups excluding carboxylic acids is 1. The third-order valence-corrected chi connectivity index (χ3v) is 3.00. The van der Waals surface area contributed by atoms with Gasteiger partial charge in [-0.3, -0.25) is 4.79 Å². The van der Waals surface area contributed by atoms with Crippen molar-refractivity contribution < 1.29 is 9.53 Å². The number of methoxy groups -OCH3 is 1. The molecule has 0 saturated carbocycles. The van der Waals surface area contributed by atoms with E-state index in [2.05, 4.69) is 13.8 Å². The molecule has 0 bridgehead atoms. The van der Waals surface area contributed by atoms with Crippen molar-refractivity contribution in [1.82, 2.24) is 4.90 Å². The molecule has 1 rings (SSSR count). The molecule has 1 amide bonds. The van der Waals surface area contributed by atoms with Crippen molar-refractivity contribution in [3.05, 3.63) is 11.1 Å². The molecule has 0 radical (unpaired) electrons. The van der Waals surface area contributed by atoms with Gasteiger partial charge in [0.15, 0.2) is 6.23 Å². The number of ether oxygens (including phenoxy) is 1. The van der Waals surface area contributed by atoms with Crippen LogP contribution >= 0.6 is 0 Å². The van der Waals surface area contributed by atoms with Crippen molar-refractivity contribution in [2.24, 2.45) is 5.92 Å². The van der Waals surface area contributed by atoms with Crippen LogP contribution in [-0.4, -0.2) is 30.7 Å². The Morgan fingerprint density at radius 3 is 2.47 bits per heavy atom. The molecule has 3 heteroatoms. The first-order chi connectivity index (χ1) is 6.99. The van der Waals surface area contributed by atoms with Crippen LogP contribution in [0.25, 0.3) is 0 Å². The first kappa shape index (κ1) is 12.2. The van der Waals surface area contributed by atoms with E-state index >= 15 is 0 Å². The maximum Gasteiger partial charge on any atom is 0.251 e. The second-order valence-electron chi connectivity index (χ2n) is 4.58. The lowest BCUT2D eigenvalue weighted by Gasteiger charge is -2.25. The number of hydrogen-bond acceptors (Lipinski definition) is 2. The van der Waals surface area contributed by atoms with E-state index in [0.29, 0.717) is 5.92 Å². The smallest absolute Gasteiger partial charge is 0.251 e. The fourth-order valence-corrected chi connectivity index (χ4v) is 1.83. The molecule has 0 N–H and O–H groups in total. The fraction of sp³-hybridized carbons (Fsp3) is 0.750. The normalized spacial score (nSPS) is 22.1. The Balaban J connectivity index is 2.70. The van der Waals surface area contributed by atoms with Gasteiger partial charge in [-0.05, 0) is 31.8 Å². The van der Waals surface area contributed by atoms with Crippen LogP contribution < -0.4 is 0 Å². The molecule has 15 heavy (non-hydrogen) atoms. The average molecular weight is 211 g/mol. The van der Waals surface area contributed by atoms with E-state index in [1.807, 2.05) is 18.7 Å². The zero-order valence-corrected chi connectivity index (χ0v) is 10.3. The molecule has 0 aliphatic carbocycles. The Kier molecular flexibility index (Phi) is 3.91. The number of carbonyl (C=O) groups is 1. The van der Waals surface area contributed by atoms with Crippen molar-refractivity contribution in [3.8, 4) is 0 Å². The lowest BCUT2D eigenvalue weighted by atomic mass is 10.1. The second-order valence-corrected chi connectivity index (χ2v) is 4.58. The zero-order chi connectivity index (χ0) is 11.6. The van der Waals surface area contributed by atoms with Crippen molar-refractivity contribution in [1.29, 1.82) is 0 Å². The van der Waals surface area contributed by atoms with Crippen LogP contribution in [0.15, 0.2) is 11.1 Å². The summed E-state index contributed by atoms with van der Waals surface area (Å²) >= 11 is 0. The van der Waals surface area contributed by atoms with Crippen LogP contribution in [0.3, 0.4) is 0 Å². The van der Waals surface area contributed by atoms with Crippen LogP contribution in [0.5, 0.6) is 0 Å². The second kappa shape index (κ2) is 4.79. The number of amides is 1. The third-order valence-electron chi connectivity index (χ3n) is 3.00. The van der Waals surface area contributed by atoms with Crippen LogP contribution in [-0.2, 0) is 9.53 Å². The number of nitrogens with zero attached hydrogens (tertiary/aromatic N) is 1. The highest BCUT2D eigenvalue weighted by molar-refractivity contribution is 5.96. The molecule has 1 aliphatic heterocycles. The van der Waals surface area contributed by atoms with E-state index in [1.54, 1.807) is 7.11 Å². The third kappa shape index (κ3) is 2.40. The Morgan fingerprint density at radius 2 is 2.00 bits per heavy atom. The first-order valence-corrected chi connectivity index (χ1v) is 5.50. The summed E-state index contributed by atoms with van der Waals surface area (Å²) in [4.78, 5) is 13.7. The first-order valence-electron chi connectivity index (χ1n) is 5.50. The monoisotopic (exact) mass is 211 g/mol. The SMILES string of the molecule is CO[C@@H]1C(C)=C(C)C(=O)N1CCC(C)C. The Morgan fingerprint density at radius 1 is 1.40 bits per heavy atom. The molecule has 1 aliphatic rings. The maximum atomic E-state index is 11.9. The standard InChI is InChI=1S/C12H21NO2/c1-8(2)6-7-13-11(14)9(3)10(4)12(13)15-5/h8,12H,6-7H2,1-5H3/t12-/m1/s1. The molecule has 1 heterocycles. The highest BCUT2D eigenvalue weighted by atomic mass is 16.5. The van der Waals surface area contributed by atoms with Gasteiger partial charge in [0.2, 0.25) is 0 Å². The van der Waals surface area contributed by atoms with Gasteiger partial charge in [0.05, 0.1) is 0 Å². The largest absolute Gasteiger partial charge is 0.358 e. The van der Waals surface area contributed by atoms with E-state index in [9.17, 15) is 4.79 Å². The summed E-state index contributed by atoms with van der Waals surface area (Å²) in [6.07, 6.45) is 0.878. The van der Waals surface area contributed by atoms with Gasteiger partial charge in [0, 0.05) is 19.2 Å². The van der Waals surface area contributed by atoms with Crippen LogP contribution in [0, 0.1) is 5.92 Å². The molecule has 0 spiro atoms. The molecule has 0 saturated heterocycles. The number of rotatable bonds is 4. The summed E-state index contributed by atoms with van der Waals surface area (Å²) in [6, 6.07) is 0. The van der Waals surface area contributed by atoms with Crippen molar-refractivity contribution in [3.63, 3.8) is 0 Å². The van der Waals surface area contributed by atoms with Crippen LogP contribution in [0.4, 0.5) is 0 Å². The van der Waals surface area contributed by atoms with E-state index in [0.717, 1.165) is 24.1 Å². The highest BCUT2D eigenvalue weighted by Gasteiger charge is 2.34. The van der Waals surface area contributed by atoms with Gasteiger partial charge in [0.25, 0.3) is 5.91 Å². The molecule has 0 aromatic heterocycles. The molecule has 0 fully saturated rings. The topological polar surface area (TPSA) is 29.5 Å². The summed E-state index contributed by atoms with van der Waals surface area (Å²) in [5, 5.41) is 0. The molecular formula is C12H21NO2. The zero-order valence-electron chi connectivity index (χ0n) is 10.3. The Labute approximate surface area is 92.1 Å². The summed E-state index contributed by atoms with van der Waals surface area (Å²) in [7, 11) is 1.66. The summed E-state index contributed by atoms with van der Waals surface area (Å²) < 4.78 is 5.36. The molecular weight excluding hydrogens is 190 g/mol. The predicted molar refractivity (Wildman–Crippen MR) is 60.3 cm³/mol. The van der Waals surface area contributed by atoms with Crippen LogP contribution in [0.1, 0.15) is 34.1 Å². The van der Waals surface area contributed by atoms with Gasteiger partial charge in [-0.1, -0.05) is 13.8 Å². The van der Waals surface area contributed by atoms with Gasteiger partial charge in [0.1, 0.15) is 0 Å². The van der Waals surface area contributed by atoms with Gasteiger partial charge in [-0.2, -0.15) is 0 Å². The Hall–Kier alpha value is -0.830. The minimum atomic E-state index is -0.142. The lowest BCUT2D eigenvalue weighted by molar-refractivity contribution is -0.133. The van der Waals surface area contributed by atoms with E-state index in [1.165, 1.54) is 0 Å². The minimum Gasteiger partial charge on any atom is -0.358 e. The molecule has 86 valence electrons. The van der Waals surface area contributed by atoms with E-state index in [-0.39, 0.29) is 12.1 Å². The predicted octanol–water partition coefficient (Wildman–Crippen LogP) is 2.18. The lowest BCUT2D eigenvalue weighted by Crippen LogP contribution is -2.37. The van der Waals surface area contributed by atoms with E-state index < -0.39 is 0 Å². The van der Waals surface area contributed by atoms with Gasteiger partial charge < -0.3 is 9.64 Å². The summed E-state index contributed by atoms with van der Waals surface area (Å²) in [6.45, 7) is 8.95. The minimum absolute atomic E-state index is 0.125. The van der Waals surface area contributed by atoms with Gasteiger partial charge >= 0.3 is 0 Å². The highest BCUT2D eigenvalue weighted by Crippen LogP contribution is 2.26.